The van der Waals surface area contributed by atoms with Gasteiger partial charge in [0.1, 0.15) is 5.39 Å². The Morgan fingerprint density at radius 2 is 2.12 bits per heavy atom. The highest BCUT2D eigenvalue weighted by molar-refractivity contribution is 5.97. The maximum absolute atomic E-state index is 13.0. The number of carbonyl (C=O) groups excluding carboxylic acids is 1. The smallest absolute Gasteiger partial charge is 0.261 e. The van der Waals surface area contributed by atoms with Gasteiger partial charge in [0.25, 0.3) is 11.5 Å². The standard InChI is InChI=1S/C26H28N6O2/c1-16-13-18(5-6-19(16)25(34)31-14-26(15-31)9-2-10-26)29-23-22-21(8-12-28-24(22)33)32(30-23)20(7-11-27)17-3-4-17/h5-6,8,12-13,17,20H,2-4,7,9-10,14-15H2,1H3,(H,28,33)(H,29,30)/t20-/m0/s1. The number of aromatic nitrogens is 3. The number of benzene rings is 1. The van der Waals surface area contributed by atoms with Crippen molar-refractivity contribution >= 4 is 28.3 Å². The Kier molecular flexibility index (Phi) is 4.76. The minimum atomic E-state index is -0.219. The molecular formula is C26H28N6O2. The molecule has 6 rings (SSSR count). The van der Waals surface area contributed by atoms with Crippen molar-refractivity contribution in [1.82, 2.24) is 19.7 Å². The SMILES string of the molecule is Cc1cc(Nc2nn([C@@H](CC#N)C3CC3)c3cc[nH]c(=O)c23)ccc1C(=O)N1CC2(CCC2)C1. The van der Waals surface area contributed by atoms with Gasteiger partial charge >= 0.3 is 0 Å². The van der Waals surface area contributed by atoms with E-state index in [9.17, 15) is 14.9 Å². The zero-order chi connectivity index (χ0) is 23.4. The van der Waals surface area contributed by atoms with E-state index in [0.29, 0.717) is 29.0 Å². The molecule has 1 spiro atoms. The van der Waals surface area contributed by atoms with Crippen molar-refractivity contribution in [3.63, 3.8) is 0 Å². The van der Waals surface area contributed by atoms with Crippen molar-refractivity contribution in [3.05, 3.63) is 51.9 Å². The molecule has 1 atom stereocenters. The monoisotopic (exact) mass is 456 g/mol. The number of nitrogens with zero attached hydrogens (tertiary/aromatic N) is 4. The summed E-state index contributed by atoms with van der Waals surface area (Å²) in [6.07, 6.45) is 7.91. The Labute approximate surface area is 197 Å². The fourth-order valence-electron chi connectivity index (χ4n) is 5.66. The lowest BCUT2D eigenvalue weighted by molar-refractivity contribution is -0.0426. The van der Waals surface area contributed by atoms with E-state index in [0.717, 1.165) is 48.3 Å². The van der Waals surface area contributed by atoms with E-state index < -0.39 is 0 Å². The average molecular weight is 457 g/mol. The Balaban J connectivity index is 1.28. The number of aromatic amines is 1. The molecule has 2 aliphatic carbocycles. The number of aryl methyl sites for hydroxylation is 1. The quantitative estimate of drug-likeness (QED) is 0.576. The summed E-state index contributed by atoms with van der Waals surface area (Å²) in [5, 5.41) is 17.9. The largest absolute Gasteiger partial charge is 0.338 e. The van der Waals surface area contributed by atoms with Crippen LogP contribution >= 0.6 is 0 Å². The molecular weight excluding hydrogens is 428 g/mol. The molecule has 3 aliphatic rings. The van der Waals surface area contributed by atoms with Crippen LogP contribution in [-0.4, -0.2) is 38.7 Å². The molecule has 2 N–H and O–H groups in total. The number of carbonyl (C=O) groups is 1. The molecule has 3 fully saturated rings. The lowest BCUT2D eigenvalue weighted by Gasteiger charge is -2.56. The molecule has 2 aromatic heterocycles. The van der Waals surface area contributed by atoms with E-state index in [4.69, 9.17) is 5.10 Å². The van der Waals surface area contributed by atoms with Crippen LogP contribution in [0.2, 0.25) is 0 Å². The number of fused-ring (bicyclic) bond motifs is 1. The highest BCUT2D eigenvalue weighted by Crippen LogP contribution is 2.48. The minimum absolute atomic E-state index is 0.0397. The Morgan fingerprint density at radius 3 is 2.76 bits per heavy atom. The van der Waals surface area contributed by atoms with Gasteiger partial charge in [-0.05, 0) is 68.4 Å². The molecule has 34 heavy (non-hydrogen) atoms. The van der Waals surface area contributed by atoms with Crippen LogP contribution in [0, 0.1) is 29.6 Å². The predicted octanol–water partition coefficient (Wildman–Crippen LogP) is 4.27. The van der Waals surface area contributed by atoms with Gasteiger partial charge in [0.05, 0.1) is 24.0 Å². The molecule has 0 unspecified atom stereocenters. The summed E-state index contributed by atoms with van der Waals surface area (Å²) in [5.74, 6) is 0.980. The second-order valence-electron chi connectivity index (χ2n) is 10.3. The zero-order valence-corrected chi connectivity index (χ0v) is 19.3. The molecule has 1 aromatic carbocycles. The molecule has 3 aromatic rings. The summed E-state index contributed by atoms with van der Waals surface area (Å²) < 4.78 is 1.85. The van der Waals surface area contributed by atoms with Crippen LogP contribution in [0.15, 0.2) is 35.3 Å². The number of hydrogen-bond acceptors (Lipinski definition) is 5. The van der Waals surface area contributed by atoms with Crippen LogP contribution in [0.4, 0.5) is 11.5 Å². The third-order valence-electron chi connectivity index (χ3n) is 7.88. The molecule has 3 heterocycles. The van der Waals surface area contributed by atoms with Gasteiger partial charge in [0.2, 0.25) is 0 Å². The number of likely N-dealkylation sites (tertiary alicyclic amines) is 1. The van der Waals surface area contributed by atoms with Crippen LogP contribution in [0.3, 0.4) is 0 Å². The lowest BCUT2D eigenvalue weighted by atomic mass is 9.63. The third kappa shape index (κ3) is 3.38. The zero-order valence-electron chi connectivity index (χ0n) is 19.3. The first-order chi connectivity index (χ1) is 16.5. The van der Waals surface area contributed by atoms with Gasteiger partial charge in [0.15, 0.2) is 5.82 Å². The maximum atomic E-state index is 13.0. The minimum Gasteiger partial charge on any atom is -0.338 e. The van der Waals surface area contributed by atoms with Crippen molar-refractivity contribution in [2.75, 3.05) is 18.4 Å². The summed E-state index contributed by atoms with van der Waals surface area (Å²) in [6.45, 7) is 3.70. The number of nitriles is 1. The molecule has 174 valence electrons. The number of rotatable bonds is 6. The highest BCUT2D eigenvalue weighted by atomic mass is 16.2. The summed E-state index contributed by atoms with van der Waals surface area (Å²) in [6, 6.07) is 9.74. The maximum Gasteiger partial charge on any atom is 0.261 e. The van der Waals surface area contributed by atoms with Crippen molar-refractivity contribution in [2.45, 2.75) is 51.5 Å². The second-order valence-corrected chi connectivity index (χ2v) is 10.3. The van der Waals surface area contributed by atoms with Gasteiger partial charge in [0, 0.05) is 36.0 Å². The summed E-state index contributed by atoms with van der Waals surface area (Å²) >= 11 is 0. The molecule has 1 saturated heterocycles. The predicted molar refractivity (Wildman–Crippen MR) is 129 cm³/mol. The van der Waals surface area contributed by atoms with Crippen LogP contribution in [0.1, 0.15) is 60.5 Å². The number of H-pyrrole nitrogens is 1. The molecule has 8 heteroatoms. The first-order valence-electron chi connectivity index (χ1n) is 12.1. The van der Waals surface area contributed by atoms with E-state index in [1.54, 1.807) is 6.20 Å². The molecule has 1 aliphatic heterocycles. The van der Waals surface area contributed by atoms with Crippen molar-refractivity contribution in [3.8, 4) is 6.07 Å². The van der Waals surface area contributed by atoms with Crippen molar-refractivity contribution < 1.29 is 4.79 Å². The fraction of sp³-hybridized carbons (Fsp3) is 0.462. The van der Waals surface area contributed by atoms with Crippen LogP contribution < -0.4 is 10.9 Å². The van der Waals surface area contributed by atoms with Crippen LogP contribution in [0.5, 0.6) is 0 Å². The fourth-order valence-corrected chi connectivity index (χ4v) is 5.66. The molecule has 0 radical (unpaired) electrons. The van der Waals surface area contributed by atoms with E-state index >= 15 is 0 Å². The number of anilines is 2. The van der Waals surface area contributed by atoms with Crippen molar-refractivity contribution in [1.29, 1.82) is 5.26 Å². The first-order valence-corrected chi connectivity index (χ1v) is 12.1. The molecule has 1 amide bonds. The third-order valence-corrected chi connectivity index (χ3v) is 7.88. The van der Waals surface area contributed by atoms with Gasteiger partial charge in [-0.2, -0.15) is 10.4 Å². The van der Waals surface area contributed by atoms with Crippen LogP contribution in [-0.2, 0) is 0 Å². The summed E-state index contributed by atoms with van der Waals surface area (Å²) in [4.78, 5) is 30.4. The van der Waals surface area contributed by atoms with Crippen molar-refractivity contribution in [2.24, 2.45) is 11.3 Å². The Hall–Kier alpha value is -3.60. The topological polar surface area (TPSA) is 107 Å². The highest BCUT2D eigenvalue weighted by Gasteiger charge is 2.49. The second kappa shape index (κ2) is 7.73. The molecule has 2 saturated carbocycles. The Bertz CT molecular complexity index is 1380. The molecule has 8 nitrogen and oxygen atoms in total. The summed E-state index contributed by atoms with van der Waals surface area (Å²) in [5.41, 5.74) is 3.29. The van der Waals surface area contributed by atoms with E-state index in [1.165, 1.54) is 19.3 Å². The normalized spacial score (nSPS) is 19.4. The average Bonchev–Trinajstić information content (AvgIpc) is 3.52. The van der Waals surface area contributed by atoms with Gasteiger partial charge in [-0.25, -0.2) is 0 Å². The number of pyridine rings is 1. The van der Waals surface area contributed by atoms with Gasteiger partial charge in [-0.1, -0.05) is 6.42 Å². The van der Waals surface area contributed by atoms with Gasteiger partial charge < -0.3 is 15.2 Å². The number of amides is 1. The van der Waals surface area contributed by atoms with E-state index in [2.05, 4.69) is 16.4 Å². The van der Waals surface area contributed by atoms with E-state index in [-0.39, 0.29) is 17.5 Å². The van der Waals surface area contributed by atoms with Gasteiger partial charge in [-0.3, -0.25) is 14.3 Å². The Morgan fingerprint density at radius 1 is 1.32 bits per heavy atom. The molecule has 0 bridgehead atoms. The first kappa shape index (κ1) is 21.0. The van der Waals surface area contributed by atoms with E-state index in [1.807, 2.05) is 40.8 Å². The summed E-state index contributed by atoms with van der Waals surface area (Å²) in [7, 11) is 0. The van der Waals surface area contributed by atoms with Gasteiger partial charge in [-0.15, -0.1) is 0 Å². The van der Waals surface area contributed by atoms with Crippen LogP contribution in [0.25, 0.3) is 10.9 Å². The number of nitrogens with one attached hydrogen (secondary N) is 2. The lowest BCUT2D eigenvalue weighted by Crippen LogP contribution is -2.61. The number of hydrogen-bond donors (Lipinski definition) is 2.